The molecule has 1 heterocycles. The van der Waals surface area contributed by atoms with Gasteiger partial charge in [0, 0.05) is 25.0 Å². The molecule has 0 saturated heterocycles. The summed E-state index contributed by atoms with van der Waals surface area (Å²) in [5.41, 5.74) is 3.95. The fourth-order valence-corrected chi connectivity index (χ4v) is 5.75. The summed E-state index contributed by atoms with van der Waals surface area (Å²) >= 11 is 4.72. The molecule has 0 N–H and O–H groups in total. The average molecular weight is 736 g/mol. The Morgan fingerprint density at radius 1 is 0.744 bits per heavy atom. The van der Waals surface area contributed by atoms with Crippen molar-refractivity contribution in [1.29, 1.82) is 0 Å². The molecule has 0 unspecified atom stereocenters. The van der Waals surface area contributed by atoms with Crippen LogP contribution in [0, 0.1) is 13.6 Å². The Morgan fingerprint density at radius 3 is 1.95 bits per heavy atom. The van der Waals surface area contributed by atoms with Gasteiger partial charge in [-0.25, -0.2) is 8.42 Å². The van der Waals surface area contributed by atoms with E-state index in [1.807, 2.05) is 104 Å². The van der Waals surface area contributed by atoms with Crippen LogP contribution < -0.4 is 4.90 Å². The normalized spacial score (nSPS) is 13.1. The third kappa shape index (κ3) is 5.57. The van der Waals surface area contributed by atoms with E-state index in [1.165, 1.54) is 0 Å². The molecule has 0 saturated carbocycles. The van der Waals surface area contributed by atoms with Crippen LogP contribution in [-0.4, -0.2) is 20.4 Å². The van der Waals surface area contributed by atoms with E-state index in [0.29, 0.717) is 5.69 Å². The first-order valence-corrected chi connectivity index (χ1v) is 18.1. The molecular weight excluding hydrogens is 712 g/mol. The number of sulfonamides is 1. The van der Waals surface area contributed by atoms with Gasteiger partial charge in [0.1, 0.15) is 10.0 Å². The summed E-state index contributed by atoms with van der Waals surface area (Å²) in [6, 6.07) is 30.8. The van der Waals surface area contributed by atoms with Gasteiger partial charge in [-0.3, -0.25) is 0 Å². The number of nitrogens with zero attached hydrogens (tertiary/aromatic N) is 3. The van der Waals surface area contributed by atoms with Crippen LogP contribution in [0.2, 0.25) is 0 Å². The van der Waals surface area contributed by atoms with E-state index in [0.717, 1.165) is 43.9 Å². The molecule has 0 bridgehead atoms. The van der Waals surface area contributed by atoms with Crippen LogP contribution in [0.4, 0.5) is 11.4 Å². The van der Waals surface area contributed by atoms with Crippen molar-refractivity contribution in [3.05, 3.63) is 126 Å². The van der Waals surface area contributed by atoms with Gasteiger partial charge in [0.15, 0.2) is 0 Å². The number of fused-ring (bicyclic) bond motifs is 2. The maximum absolute atomic E-state index is 13.5. The zero-order valence-electron chi connectivity index (χ0n) is 21.2. The number of benzene rings is 5. The molecule has 5 aromatic rings. The molecule has 5 aromatic carbocycles. The van der Waals surface area contributed by atoms with E-state index in [-0.39, 0.29) is 4.90 Å². The number of anilines is 1. The van der Waals surface area contributed by atoms with Crippen molar-refractivity contribution in [3.8, 4) is 11.1 Å². The summed E-state index contributed by atoms with van der Waals surface area (Å²) in [5, 5.41) is 3.99. The minimum absolute atomic E-state index is 0.168. The second-order valence-electron chi connectivity index (χ2n) is 9.12. The van der Waals surface area contributed by atoms with Crippen molar-refractivity contribution < 1.29 is 24.0 Å². The zero-order chi connectivity index (χ0) is 27.6. The van der Waals surface area contributed by atoms with Gasteiger partial charge in [-0.15, -0.1) is 5.69 Å². The van der Waals surface area contributed by atoms with Crippen molar-refractivity contribution >= 4 is 62.5 Å². The van der Waals surface area contributed by atoms with Gasteiger partial charge in [-0.2, -0.15) is 0 Å². The van der Waals surface area contributed by atoms with Crippen LogP contribution in [0.5, 0.6) is 0 Å². The molecule has 5 nitrogen and oxygen atoms in total. The molecule has 2 radical (unpaired) electrons. The second kappa shape index (κ2) is 11.7. The molecular formula is C31H24IN3O2PdS. The summed E-state index contributed by atoms with van der Waals surface area (Å²) < 4.78 is 31.4. The number of halogens is 1. The van der Waals surface area contributed by atoms with E-state index >= 15 is 0 Å². The number of hydrogen-bond acceptors (Lipinski definition) is 4. The third-order valence-electron chi connectivity index (χ3n) is 6.57. The molecule has 39 heavy (non-hydrogen) atoms. The van der Waals surface area contributed by atoms with Gasteiger partial charge in [-0.05, 0) is 52.2 Å². The number of rotatable bonds is 5. The van der Waals surface area contributed by atoms with Gasteiger partial charge < -0.3 is 14.5 Å². The Bertz CT molecular complexity index is 1790. The van der Waals surface area contributed by atoms with Crippen molar-refractivity contribution in [3.63, 3.8) is 0 Å². The van der Waals surface area contributed by atoms with Gasteiger partial charge in [0.2, 0.25) is 6.67 Å². The molecule has 0 spiro atoms. The molecule has 0 fully saturated rings. The first-order valence-electron chi connectivity index (χ1n) is 12.1. The molecule has 1 aliphatic heterocycles. The minimum atomic E-state index is -3.95. The van der Waals surface area contributed by atoms with Crippen LogP contribution in [0.25, 0.3) is 37.4 Å². The predicted octanol–water partition coefficient (Wildman–Crippen LogP) is 8.47. The first kappa shape index (κ1) is 27.7. The van der Waals surface area contributed by atoms with Crippen molar-refractivity contribution in [1.82, 2.24) is 4.90 Å². The van der Waals surface area contributed by atoms with Gasteiger partial charge >= 0.3 is 35.1 Å². The quantitative estimate of drug-likeness (QED) is 0.134. The third-order valence-corrected chi connectivity index (χ3v) is 7.87. The second-order valence-corrected chi connectivity index (χ2v) is 10.7. The van der Waals surface area contributed by atoms with Crippen LogP contribution in [0.15, 0.2) is 114 Å². The average Bonchev–Trinajstić information content (AvgIpc) is 3.39. The Labute approximate surface area is 250 Å². The van der Waals surface area contributed by atoms with E-state index in [2.05, 4.69) is 45.2 Å². The van der Waals surface area contributed by atoms with Gasteiger partial charge in [-0.1, -0.05) is 84.4 Å². The Balaban J connectivity index is 0.00000151. The molecule has 0 amide bonds. The predicted molar refractivity (Wildman–Crippen MR) is 165 cm³/mol. The van der Waals surface area contributed by atoms with E-state index in [9.17, 15) is 8.42 Å². The molecule has 0 aromatic heterocycles. The van der Waals surface area contributed by atoms with E-state index in [1.54, 1.807) is 30.3 Å². The van der Waals surface area contributed by atoms with Crippen LogP contribution >= 0.6 is 19.5 Å². The van der Waals surface area contributed by atoms with Crippen LogP contribution in [0.1, 0.15) is 5.56 Å². The van der Waals surface area contributed by atoms with Gasteiger partial charge in [0.25, 0.3) is 0 Å². The maximum atomic E-state index is 13.5. The van der Waals surface area contributed by atoms with E-state index < -0.39 is 10.0 Å². The fourth-order valence-electron chi connectivity index (χ4n) is 4.75. The summed E-state index contributed by atoms with van der Waals surface area (Å²) in [6.07, 6.45) is 3.87. The molecule has 8 heteroatoms. The number of aryl methyl sites for hydroxylation is 1. The fraction of sp³-hybridized carbons (Fsp3) is 0.0645. The van der Waals surface area contributed by atoms with E-state index in [4.69, 9.17) is 0 Å². The topological polar surface area (TPSA) is 54.7 Å². The Hall–Kier alpha value is -2.90. The zero-order valence-corrected chi connectivity index (χ0v) is 25.7. The molecule has 6 rings (SSSR count). The molecule has 0 aliphatic carbocycles. The van der Waals surface area contributed by atoms with Crippen LogP contribution in [-0.2, 0) is 25.6 Å². The van der Waals surface area contributed by atoms with Crippen molar-refractivity contribution in [2.75, 3.05) is 11.9 Å². The molecule has 1 aliphatic rings. The summed E-state index contributed by atoms with van der Waals surface area (Å²) in [6.45, 7) is 5.22. The summed E-state index contributed by atoms with van der Waals surface area (Å²) in [5.74, 6) is 0. The summed E-state index contributed by atoms with van der Waals surface area (Å²) in [7, 11) is -2.03. The SMILES string of the molecule is Cc1ccc(S(=O)(=O)[N-]c2ccc3ccccc3c2-c2c(N3[C]N(C)C=C3)ccc3ccccc23)cc1.[Pd+][I]. The Morgan fingerprint density at radius 2 is 1.33 bits per heavy atom. The van der Waals surface area contributed by atoms with Gasteiger partial charge in [0.05, 0.1) is 10.6 Å². The summed E-state index contributed by atoms with van der Waals surface area (Å²) in [4.78, 5) is 3.96. The number of hydrogen-bond donors (Lipinski definition) is 0. The Kier molecular flexibility index (Phi) is 8.29. The molecule has 198 valence electrons. The van der Waals surface area contributed by atoms with Crippen molar-refractivity contribution in [2.45, 2.75) is 11.8 Å². The van der Waals surface area contributed by atoms with Crippen LogP contribution in [0.3, 0.4) is 0 Å². The molecule has 0 atom stereocenters. The monoisotopic (exact) mass is 735 g/mol. The first-order chi connectivity index (χ1) is 18.9. The standard InChI is InChI=1S/C31H24N3O2S.HI.Pd/c1-22-11-15-25(16-12-22)37(35,36)32-28-17-13-23-7-3-5-9-26(23)30(28)31-27-10-6-4-8-24(27)14-18-29(31)34-20-19-33(2)21-34;;/h3-20H,1-2H3;1H;/q-1;;+2/p-1. The van der Waals surface area contributed by atoms with Crippen molar-refractivity contribution in [2.24, 2.45) is 0 Å².